The quantitative estimate of drug-likeness (QED) is 0.502. The lowest BCUT2D eigenvalue weighted by Crippen LogP contribution is -2.57. The first-order valence-electron chi connectivity index (χ1n) is 12.6. The van der Waals surface area contributed by atoms with E-state index in [-0.39, 0.29) is 29.7 Å². The average Bonchev–Trinajstić information content (AvgIpc) is 3.30. The summed E-state index contributed by atoms with van der Waals surface area (Å²) in [5, 5.41) is 2.09. The summed E-state index contributed by atoms with van der Waals surface area (Å²) in [6.07, 6.45) is 5.89. The second kappa shape index (κ2) is 11.5. The van der Waals surface area contributed by atoms with Crippen LogP contribution < -0.4 is 0 Å². The minimum absolute atomic E-state index is 0.0280. The number of nitrogens with zero attached hydrogens (tertiary/aromatic N) is 3. The van der Waals surface area contributed by atoms with Crippen LogP contribution in [0.3, 0.4) is 0 Å². The summed E-state index contributed by atoms with van der Waals surface area (Å²) in [5.74, 6) is 0.0419. The standard InChI is InChI=1S/C27H36FN3O2S/c1-3-4-5-6-10-25(32)31-15-14-29(18-20(31)2)26(33)19-30-13-11-24-23(12-16-34-24)27(30)21-8-7-9-22(28)17-21/h7-9,12,16-17,20,27H,3-6,10-11,13-15,18-19H2,1-2H3/t20-,27+/m0/s1. The van der Waals surface area contributed by atoms with Gasteiger partial charge in [-0.1, -0.05) is 38.3 Å². The summed E-state index contributed by atoms with van der Waals surface area (Å²) >= 11 is 1.74. The zero-order chi connectivity index (χ0) is 24.1. The fourth-order valence-electron chi connectivity index (χ4n) is 5.28. The van der Waals surface area contributed by atoms with Crippen LogP contribution in [0.2, 0.25) is 0 Å². The molecule has 3 heterocycles. The second-order valence-corrected chi connectivity index (χ2v) is 10.6. The molecule has 1 saturated heterocycles. The Hall–Kier alpha value is -2.25. The maximum absolute atomic E-state index is 14.0. The molecule has 184 valence electrons. The third-order valence-corrected chi connectivity index (χ3v) is 8.11. The number of hydrogen-bond acceptors (Lipinski definition) is 4. The molecule has 0 bridgehead atoms. The summed E-state index contributed by atoms with van der Waals surface area (Å²) < 4.78 is 14.0. The van der Waals surface area contributed by atoms with Crippen LogP contribution in [-0.2, 0) is 16.0 Å². The lowest BCUT2D eigenvalue weighted by Gasteiger charge is -2.42. The minimum Gasteiger partial charge on any atom is -0.338 e. The Morgan fingerprint density at radius 2 is 1.94 bits per heavy atom. The molecule has 2 aliphatic heterocycles. The third kappa shape index (κ3) is 5.69. The van der Waals surface area contributed by atoms with Crippen molar-refractivity contribution in [3.8, 4) is 0 Å². The van der Waals surface area contributed by atoms with Crippen molar-refractivity contribution in [3.05, 3.63) is 57.5 Å². The maximum atomic E-state index is 14.0. The lowest BCUT2D eigenvalue weighted by molar-refractivity contribution is -0.143. The van der Waals surface area contributed by atoms with E-state index >= 15 is 0 Å². The topological polar surface area (TPSA) is 43.9 Å². The van der Waals surface area contributed by atoms with Crippen LogP contribution in [0.1, 0.15) is 68.0 Å². The molecule has 2 atom stereocenters. The zero-order valence-corrected chi connectivity index (χ0v) is 21.2. The fourth-order valence-corrected chi connectivity index (χ4v) is 6.18. The predicted molar refractivity (Wildman–Crippen MR) is 134 cm³/mol. The Balaban J connectivity index is 1.39. The van der Waals surface area contributed by atoms with Crippen molar-refractivity contribution in [1.82, 2.24) is 14.7 Å². The number of rotatable bonds is 8. The fraction of sp³-hybridized carbons (Fsp3) is 0.556. The van der Waals surface area contributed by atoms with Crippen molar-refractivity contribution in [3.63, 3.8) is 0 Å². The molecule has 2 aliphatic rings. The highest BCUT2D eigenvalue weighted by Gasteiger charge is 2.34. The van der Waals surface area contributed by atoms with Crippen LogP contribution in [0.4, 0.5) is 4.39 Å². The number of unbranched alkanes of at least 4 members (excludes halogenated alkanes) is 3. The number of piperazine rings is 1. The van der Waals surface area contributed by atoms with Crippen LogP contribution in [0, 0.1) is 5.82 Å². The molecule has 1 aromatic heterocycles. The van der Waals surface area contributed by atoms with Crippen LogP contribution in [0.5, 0.6) is 0 Å². The number of carbonyl (C=O) groups excluding carboxylic acids is 2. The first-order valence-corrected chi connectivity index (χ1v) is 13.5. The molecule has 0 spiro atoms. The number of hydrogen-bond donors (Lipinski definition) is 0. The third-order valence-electron chi connectivity index (χ3n) is 7.11. The highest BCUT2D eigenvalue weighted by atomic mass is 32.1. The number of benzene rings is 1. The van der Waals surface area contributed by atoms with Crippen molar-refractivity contribution in [2.75, 3.05) is 32.7 Å². The molecular weight excluding hydrogens is 449 g/mol. The van der Waals surface area contributed by atoms with Crippen molar-refractivity contribution in [1.29, 1.82) is 0 Å². The Bertz CT molecular complexity index is 994. The van der Waals surface area contributed by atoms with Gasteiger partial charge in [-0.15, -0.1) is 11.3 Å². The largest absolute Gasteiger partial charge is 0.338 e. The molecule has 34 heavy (non-hydrogen) atoms. The predicted octanol–water partition coefficient (Wildman–Crippen LogP) is 4.86. The van der Waals surface area contributed by atoms with E-state index in [4.69, 9.17) is 0 Å². The van der Waals surface area contributed by atoms with E-state index in [2.05, 4.69) is 23.3 Å². The Labute approximate surface area is 206 Å². The van der Waals surface area contributed by atoms with Crippen molar-refractivity contribution in [2.45, 2.75) is 64.5 Å². The van der Waals surface area contributed by atoms with Gasteiger partial charge in [-0.05, 0) is 54.5 Å². The molecule has 5 nitrogen and oxygen atoms in total. The van der Waals surface area contributed by atoms with E-state index in [1.165, 1.54) is 22.9 Å². The van der Waals surface area contributed by atoms with Gasteiger partial charge in [0.15, 0.2) is 0 Å². The number of thiophene rings is 1. The molecule has 2 amide bonds. The first kappa shape index (κ1) is 24.9. The van der Waals surface area contributed by atoms with Gasteiger partial charge in [-0.2, -0.15) is 0 Å². The molecule has 0 saturated carbocycles. The Morgan fingerprint density at radius 1 is 1.09 bits per heavy atom. The molecule has 0 unspecified atom stereocenters. The van der Waals surface area contributed by atoms with Crippen molar-refractivity contribution < 1.29 is 14.0 Å². The molecule has 0 aliphatic carbocycles. The molecular formula is C27H36FN3O2S. The molecule has 2 aromatic rings. The second-order valence-electron chi connectivity index (χ2n) is 9.56. The van der Waals surface area contributed by atoms with Gasteiger partial charge in [0.25, 0.3) is 0 Å². The zero-order valence-electron chi connectivity index (χ0n) is 20.3. The molecule has 4 rings (SSSR count). The smallest absolute Gasteiger partial charge is 0.236 e. The van der Waals surface area contributed by atoms with E-state index in [0.717, 1.165) is 37.8 Å². The van der Waals surface area contributed by atoms with Gasteiger partial charge in [0.1, 0.15) is 5.82 Å². The first-order chi connectivity index (χ1) is 16.5. The van der Waals surface area contributed by atoms with Gasteiger partial charge in [0, 0.05) is 43.5 Å². The van der Waals surface area contributed by atoms with Gasteiger partial charge in [-0.3, -0.25) is 14.5 Å². The van der Waals surface area contributed by atoms with E-state index < -0.39 is 0 Å². The van der Waals surface area contributed by atoms with Crippen molar-refractivity contribution in [2.24, 2.45) is 0 Å². The monoisotopic (exact) mass is 485 g/mol. The van der Waals surface area contributed by atoms with Gasteiger partial charge in [0.05, 0.1) is 12.6 Å². The average molecular weight is 486 g/mol. The van der Waals surface area contributed by atoms with E-state index in [9.17, 15) is 14.0 Å². The number of carbonyl (C=O) groups is 2. The minimum atomic E-state index is -0.254. The van der Waals surface area contributed by atoms with E-state index in [1.807, 2.05) is 22.8 Å². The summed E-state index contributed by atoms with van der Waals surface area (Å²) in [5.41, 5.74) is 2.07. The van der Waals surface area contributed by atoms with E-state index in [1.54, 1.807) is 23.5 Å². The molecule has 1 aromatic carbocycles. The molecule has 0 N–H and O–H groups in total. The van der Waals surface area contributed by atoms with Gasteiger partial charge in [0.2, 0.25) is 11.8 Å². The van der Waals surface area contributed by atoms with Crippen LogP contribution in [0.25, 0.3) is 0 Å². The lowest BCUT2D eigenvalue weighted by atomic mass is 9.93. The highest BCUT2D eigenvalue weighted by Crippen LogP contribution is 2.37. The maximum Gasteiger partial charge on any atom is 0.236 e. The van der Waals surface area contributed by atoms with Gasteiger partial charge in [-0.25, -0.2) is 4.39 Å². The summed E-state index contributed by atoms with van der Waals surface area (Å²) in [6, 6.07) is 8.76. The van der Waals surface area contributed by atoms with Crippen molar-refractivity contribution >= 4 is 23.2 Å². The Morgan fingerprint density at radius 3 is 2.71 bits per heavy atom. The summed E-state index contributed by atoms with van der Waals surface area (Å²) in [7, 11) is 0. The van der Waals surface area contributed by atoms with Crippen LogP contribution >= 0.6 is 11.3 Å². The van der Waals surface area contributed by atoms with Crippen LogP contribution in [-0.4, -0.2) is 65.3 Å². The molecule has 7 heteroatoms. The number of amides is 2. The SMILES string of the molecule is CCCCCCC(=O)N1CCN(C(=O)CN2CCc3sccc3[C@H]2c2cccc(F)c2)C[C@@H]1C. The summed E-state index contributed by atoms with van der Waals surface area (Å²) in [4.78, 5) is 33.4. The van der Waals surface area contributed by atoms with Gasteiger partial charge < -0.3 is 9.80 Å². The molecule has 0 radical (unpaired) electrons. The molecule has 1 fully saturated rings. The Kier molecular flexibility index (Phi) is 8.37. The van der Waals surface area contributed by atoms with E-state index in [0.29, 0.717) is 32.6 Å². The summed E-state index contributed by atoms with van der Waals surface area (Å²) in [6.45, 7) is 7.02. The normalized spacial score (nSPS) is 20.9. The number of fused-ring (bicyclic) bond motifs is 1. The highest BCUT2D eigenvalue weighted by molar-refractivity contribution is 7.10. The van der Waals surface area contributed by atoms with Gasteiger partial charge >= 0.3 is 0 Å². The number of halogens is 1. The van der Waals surface area contributed by atoms with Crippen LogP contribution in [0.15, 0.2) is 35.7 Å².